The van der Waals surface area contributed by atoms with Gasteiger partial charge in [-0.1, -0.05) is 0 Å². The molecule has 0 unspecified atom stereocenters. The van der Waals surface area contributed by atoms with E-state index in [1.807, 2.05) is 0 Å². The Balaban J connectivity index is 2.91. The summed E-state index contributed by atoms with van der Waals surface area (Å²) in [5.74, 6) is 0. The summed E-state index contributed by atoms with van der Waals surface area (Å²) >= 11 is 0. The fourth-order valence-corrected chi connectivity index (χ4v) is 2.75. The summed E-state index contributed by atoms with van der Waals surface area (Å²) in [7, 11) is -0.335. The van der Waals surface area contributed by atoms with Gasteiger partial charge in [0.1, 0.15) is 0 Å². The third-order valence-electron chi connectivity index (χ3n) is 2.21. The zero-order valence-corrected chi connectivity index (χ0v) is 10.9. The van der Waals surface area contributed by atoms with Gasteiger partial charge in [-0.2, -0.15) is 4.31 Å². The maximum Gasteiger partial charge on any atom is 0.262 e. The number of methoxy groups -OCH3 is 1. The van der Waals surface area contributed by atoms with E-state index in [-0.39, 0.29) is 24.7 Å². The van der Waals surface area contributed by atoms with Crippen molar-refractivity contribution in [3.63, 3.8) is 0 Å². The molecule has 0 aromatic carbocycles. The molecule has 0 bridgehead atoms. The Labute approximate surface area is 101 Å². The van der Waals surface area contributed by atoms with Crippen LogP contribution in [0, 0.1) is 0 Å². The maximum atomic E-state index is 12.2. The van der Waals surface area contributed by atoms with Gasteiger partial charge in [-0.15, -0.1) is 0 Å². The topological polar surface area (TPSA) is 90.5 Å². The number of sulfonamides is 1. The molecule has 0 spiro atoms. The molecule has 1 aromatic rings. The summed E-state index contributed by atoms with van der Waals surface area (Å²) in [6, 6.07) is 0. The highest BCUT2D eigenvalue weighted by atomic mass is 32.2. The van der Waals surface area contributed by atoms with Crippen molar-refractivity contribution in [3.05, 3.63) is 12.5 Å². The summed E-state index contributed by atoms with van der Waals surface area (Å²) in [5, 5.41) is 0.0320. The lowest BCUT2D eigenvalue weighted by molar-refractivity contribution is 0.179. The Morgan fingerprint density at radius 3 is 2.71 bits per heavy atom. The second-order valence-electron chi connectivity index (χ2n) is 3.56. The third kappa shape index (κ3) is 3.50. The number of aryl methyl sites for hydroxylation is 1. The third-order valence-corrected chi connectivity index (χ3v) is 3.99. The van der Waals surface area contributed by atoms with Crippen molar-refractivity contribution >= 4 is 10.0 Å². The first kappa shape index (κ1) is 14.1. The number of rotatable bonds is 7. The molecular formula is C9H18N4O3S. The van der Waals surface area contributed by atoms with Gasteiger partial charge in [0.2, 0.25) is 0 Å². The Morgan fingerprint density at radius 2 is 2.24 bits per heavy atom. The van der Waals surface area contributed by atoms with Crippen LogP contribution < -0.4 is 5.73 Å². The molecule has 98 valence electrons. The number of aromatic nitrogens is 2. The van der Waals surface area contributed by atoms with Crippen LogP contribution in [0.15, 0.2) is 17.6 Å². The number of nitrogens with zero attached hydrogens (tertiary/aromatic N) is 3. The van der Waals surface area contributed by atoms with Crippen LogP contribution in [0.3, 0.4) is 0 Å². The summed E-state index contributed by atoms with van der Waals surface area (Å²) in [4.78, 5) is 3.85. The minimum Gasteiger partial charge on any atom is -0.383 e. The Kier molecular flexibility index (Phi) is 5.06. The van der Waals surface area contributed by atoms with Crippen LogP contribution in [-0.4, -0.2) is 55.6 Å². The first-order valence-corrected chi connectivity index (χ1v) is 6.63. The van der Waals surface area contributed by atoms with Gasteiger partial charge in [-0.05, 0) is 0 Å². The number of imidazole rings is 1. The molecule has 0 aliphatic heterocycles. The Hall–Kier alpha value is -0.960. The number of hydrogen-bond acceptors (Lipinski definition) is 5. The first-order valence-electron chi connectivity index (χ1n) is 5.19. The predicted molar refractivity (Wildman–Crippen MR) is 62.9 cm³/mol. The Morgan fingerprint density at radius 1 is 1.53 bits per heavy atom. The summed E-state index contributed by atoms with van der Waals surface area (Å²) in [6.07, 6.45) is 2.91. The fraction of sp³-hybridized carbons (Fsp3) is 0.667. The maximum absolute atomic E-state index is 12.2. The monoisotopic (exact) mass is 262 g/mol. The van der Waals surface area contributed by atoms with Gasteiger partial charge in [0.05, 0.1) is 12.9 Å². The Bertz CT molecular complexity index is 443. The molecule has 0 aliphatic carbocycles. The van der Waals surface area contributed by atoms with E-state index in [0.29, 0.717) is 6.61 Å². The average molecular weight is 262 g/mol. The molecule has 1 heterocycles. The number of nitrogens with two attached hydrogens (primary N) is 1. The van der Waals surface area contributed by atoms with Crippen LogP contribution in [0.5, 0.6) is 0 Å². The highest BCUT2D eigenvalue weighted by Crippen LogP contribution is 2.12. The predicted octanol–water partition coefficient (Wildman–Crippen LogP) is -0.984. The van der Waals surface area contributed by atoms with Crippen molar-refractivity contribution in [1.29, 1.82) is 0 Å². The van der Waals surface area contributed by atoms with Crippen molar-refractivity contribution in [2.45, 2.75) is 5.03 Å². The molecule has 0 radical (unpaired) electrons. The van der Waals surface area contributed by atoms with Gasteiger partial charge in [0, 0.05) is 40.0 Å². The van der Waals surface area contributed by atoms with Gasteiger partial charge < -0.3 is 15.0 Å². The highest BCUT2D eigenvalue weighted by molar-refractivity contribution is 7.89. The fourth-order valence-electron chi connectivity index (χ4n) is 1.34. The molecule has 0 saturated heterocycles. The molecular weight excluding hydrogens is 244 g/mol. The van der Waals surface area contributed by atoms with Crippen LogP contribution in [0.25, 0.3) is 0 Å². The largest absolute Gasteiger partial charge is 0.383 e. The highest BCUT2D eigenvalue weighted by Gasteiger charge is 2.25. The van der Waals surface area contributed by atoms with E-state index < -0.39 is 10.0 Å². The number of hydrogen-bond donors (Lipinski definition) is 1. The lowest BCUT2D eigenvalue weighted by atomic mass is 10.6. The first-order chi connectivity index (χ1) is 8.02. The molecule has 1 aromatic heterocycles. The summed E-state index contributed by atoms with van der Waals surface area (Å²) in [5.41, 5.74) is 5.41. The van der Waals surface area contributed by atoms with Crippen LogP contribution >= 0.6 is 0 Å². The second-order valence-corrected chi connectivity index (χ2v) is 5.45. The average Bonchev–Trinajstić information content (AvgIpc) is 2.71. The lowest BCUT2D eigenvalue weighted by Gasteiger charge is -2.19. The SMILES string of the molecule is COCCN(CCN)S(=O)(=O)c1cn(C)cn1. The van der Waals surface area contributed by atoms with E-state index in [1.165, 1.54) is 23.9 Å². The van der Waals surface area contributed by atoms with Crippen LogP contribution in [0.2, 0.25) is 0 Å². The molecule has 2 N–H and O–H groups in total. The van der Waals surface area contributed by atoms with Crippen molar-refractivity contribution < 1.29 is 13.2 Å². The van der Waals surface area contributed by atoms with Crippen molar-refractivity contribution in [1.82, 2.24) is 13.9 Å². The van der Waals surface area contributed by atoms with Gasteiger partial charge in [-0.25, -0.2) is 13.4 Å². The van der Waals surface area contributed by atoms with E-state index in [9.17, 15) is 8.42 Å². The normalized spacial score (nSPS) is 12.2. The zero-order chi connectivity index (χ0) is 12.9. The number of ether oxygens (including phenoxy) is 1. The molecule has 8 heteroatoms. The van der Waals surface area contributed by atoms with Crippen molar-refractivity contribution in [2.24, 2.45) is 12.8 Å². The minimum atomic E-state index is -3.57. The van der Waals surface area contributed by atoms with Crippen LogP contribution in [-0.2, 0) is 21.8 Å². The van der Waals surface area contributed by atoms with E-state index >= 15 is 0 Å². The quantitative estimate of drug-likeness (QED) is 0.682. The summed E-state index contributed by atoms with van der Waals surface area (Å²) in [6.45, 7) is 1.11. The minimum absolute atomic E-state index is 0.0320. The van der Waals surface area contributed by atoms with E-state index in [2.05, 4.69) is 4.98 Å². The smallest absolute Gasteiger partial charge is 0.262 e. The second kappa shape index (κ2) is 6.10. The molecule has 0 fully saturated rings. The van der Waals surface area contributed by atoms with Gasteiger partial charge in [-0.3, -0.25) is 0 Å². The van der Waals surface area contributed by atoms with E-state index in [0.717, 1.165) is 0 Å². The van der Waals surface area contributed by atoms with Gasteiger partial charge in [0.25, 0.3) is 10.0 Å². The standard InChI is InChI=1S/C9H18N4O3S/c1-12-7-9(11-8-12)17(14,15)13(4-3-10)5-6-16-2/h7-8H,3-6,10H2,1-2H3. The molecule has 0 saturated carbocycles. The van der Waals surface area contributed by atoms with Gasteiger partial charge in [0.15, 0.2) is 5.03 Å². The van der Waals surface area contributed by atoms with Gasteiger partial charge >= 0.3 is 0 Å². The van der Waals surface area contributed by atoms with Crippen molar-refractivity contribution in [3.8, 4) is 0 Å². The van der Waals surface area contributed by atoms with Crippen molar-refractivity contribution in [2.75, 3.05) is 33.4 Å². The molecule has 0 amide bonds. The van der Waals surface area contributed by atoms with Crippen LogP contribution in [0.1, 0.15) is 0 Å². The molecule has 0 atom stereocenters. The molecule has 1 rings (SSSR count). The van der Waals surface area contributed by atoms with Crippen LogP contribution in [0.4, 0.5) is 0 Å². The lowest BCUT2D eigenvalue weighted by Crippen LogP contribution is -2.37. The zero-order valence-electron chi connectivity index (χ0n) is 10.0. The molecule has 7 nitrogen and oxygen atoms in total. The molecule has 17 heavy (non-hydrogen) atoms. The van der Waals surface area contributed by atoms with E-state index in [4.69, 9.17) is 10.5 Å². The summed E-state index contributed by atoms with van der Waals surface area (Å²) < 4.78 is 32.1. The van der Waals surface area contributed by atoms with E-state index in [1.54, 1.807) is 11.6 Å². The molecule has 0 aliphatic rings.